The lowest BCUT2D eigenvalue weighted by Crippen LogP contribution is -2.48. The molecule has 1 aromatic carbocycles. The van der Waals surface area contributed by atoms with Gasteiger partial charge in [-0.05, 0) is 56.7 Å². The number of nitrogens with two attached hydrogens (primary N) is 1. The highest BCUT2D eigenvalue weighted by Crippen LogP contribution is 2.33. The van der Waals surface area contributed by atoms with Crippen molar-refractivity contribution in [2.75, 3.05) is 73.2 Å². The molecule has 0 saturated carbocycles. The summed E-state index contributed by atoms with van der Waals surface area (Å²) in [6.07, 6.45) is 3.89. The molecule has 3 unspecified atom stereocenters. The smallest absolute Gasteiger partial charge is 0.303 e. The Kier molecular flexibility index (Phi) is 28.7. The number of thiazole rings is 1. The number of esters is 1. The number of alkyl halides is 2. The van der Waals surface area contributed by atoms with E-state index in [1.165, 1.54) is 18.3 Å². The molecule has 2 aromatic rings. The molecule has 21 heteroatoms. The SMILES string of the molecule is CC[C@H](C)[C@H](CC(=O)[C@H]1CCCCN1C)C(=O)N(C)[C@H](C[C@@H](OC(C)=O)c1nc(C(=O)N[C@@H](Cc2ccccc2)CC(C)C(=O)NCCOCCNC(=O)C(Br)C(Br)C(=O)NCCOCCN)cs1)C(C)C. The van der Waals surface area contributed by atoms with Crippen LogP contribution >= 0.6 is 43.2 Å². The third-order valence-corrected chi connectivity index (χ3v) is 16.6. The van der Waals surface area contributed by atoms with Gasteiger partial charge in [-0.3, -0.25) is 38.5 Å². The molecule has 2 heterocycles. The van der Waals surface area contributed by atoms with E-state index in [9.17, 15) is 33.6 Å². The van der Waals surface area contributed by atoms with E-state index < -0.39 is 51.4 Å². The summed E-state index contributed by atoms with van der Waals surface area (Å²) in [7, 11) is 3.74. The number of halogens is 2. The molecule has 18 nitrogen and oxygen atoms in total. The Hall–Kier alpha value is -3.86. The molecule has 9 atom stereocenters. The summed E-state index contributed by atoms with van der Waals surface area (Å²) in [5.41, 5.74) is 6.48. The molecular formula is C51H80Br2N8O10S. The van der Waals surface area contributed by atoms with Gasteiger partial charge in [0.05, 0.1) is 32.5 Å². The molecule has 1 aliphatic rings. The second-order valence-electron chi connectivity index (χ2n) is 19.0. The van der Waals surface area contributed by atoms with E-state index in [1.807, 2.05) is 65.1 Å². The van der Waals surface area contributed by atoms with Crippen LogP contribution in [0.15, 0.2) is 35.7 Å². The van der Waals surface area contributed by atoms with Crippen molar-refractivity contribution in [3.8, 4) is 0 Å². The van der Waals surface area contributed by atoms with Gasteiger partial charge in [0.25, 0.3) is 5.91 Å². The largest absolute Gasteiger partial charge is 0.455 e. The first-order valence-electron chi connectivity index (χ1n) is 25.2. The van der Waals surface area contributed by atoms with Crippen molar-refractivity contribution in [3.63, 3.8) is 0 Å². The van der Waals surface area contributed by atoms with Crippen LogP contribution in [0, 0.1) is 23.7 Å². The van der Waals surface area contributed by atoms with Gasteiger partial charge in [0.1, 0.15) is 20.4 Å². The average Bonchev–Trinajstić information content (AvgIpc) is 3.86. The fourth-order valence-corrected chi connectivity index (χ4v) is 10.3. The lowest BCUT2D eigenvalue weighted by Gasteiger charge is -2.37. The van der Waals surface area contributed by atoms with Gasteiger partial charge < -0.3 is 46.1 Å². The molecule has 1 fully saturated rings. The van der Waals surface area contributed by atoms with Gasteiger partial charge >= 0.3 is 5.97 Å². The van der Waals surface area contributed by atoms with Gasteiger partial charge in [-0.25, -0.2) is 4.98 Å². The molecule has 404 valence electrons. The molecule has 0 bridgehead atoms. The molecule has 1 saturated heterocycles. The maximum atomic E-state index is 14.4. The summed E-state index contributed by atoms with van der Waals surface area (Å²) < 4.78 is 16.7. The highest BCUT2D eigenvalue weighted by molar-refractivity contribution is 9.12. The number of ether oxygens (including phenoxy) is 3. The van der Waals surface area contributed by atoms with E-state index in [0.717, 1.165) is 37.8 Å². The van der Waals surface area contributed by atoms with Crippen molar-refractivity contribution in [1.29, 1.82) is 0 Å². The molecule has 3 rings (SSSR count). The van der Waals surface area contributed by atoms with Crippen LogP contribution in [-0.4, -0.2) is 157 Å². The number of Topliss-reactive ketones (excluding diaryl/α,β-unsaturated/α-hetero) is 1. The van der Waals surface area contributed by atoms with Crippen LogP contribution in [0.5, 0.6) is 0 Å². The lowest BCUT2D eigenvalue weighted by molar-refractivity contribution is -0.149. The number of likely N-dealkylation sites (tertiary alicyclic amines) is 1. The van der Waals surface area contributed by atoms with E-state index in [2.05, 4.69) is 63.0 Å². The van der Waals surface area contributed by atoms with Crippen molar-refractivity contribution >= 4 is 84.5 Å². The maximum absolute atomic E-state index is 14.4. The number of nitrogens with one attached hydrogen (secondary N) is 4. The minimum Gasteiger partial charge on any atom is -0.455 e. The third-order valence-electron chi connectivity index (χ3n) is 13.0. The molecule has 1 aliphatic heterocycles. The third kappa shape index (κ3) is 21.2. The normalized spacial score (nSPS) is 17.3. The Morgan fingerprint density at radius 1 is 0.875 bits per heavy atom. The number of piperidine rings is 1. The summed E-state index contributed by atoms with van der Waals surface area (Å²) in [6.45, 7) is 14.2. The Balaban J connectivity index is 1.61. The van der Waals surface area contributed by atoms with Crippen LogP contribution in [0.4, 0.5) is 0 Å². The number of benzene rings is 1. The molecular weight excluding hydrogens is 1080 g/mol. The molecule has 6 N–H and O–H groups in total. The van der Waals surface area contributed by atoms with Crippen LogP contribution < -0.4 is 27.0 Å². The van der Waals surface area contributed by atoms with Crippen molar-refractivity contribution in [1.82, 2.24) is 36.1 Å². The Morgan fingerprint density at radius 2 is 1.47 bits per heavy atom. The summed E-state index contributed by atoms with van der Waals surface area (Å²) in [6, 6.07) is 8.61. The lowest BCUT2D eigenvalue weighted by atomic mass is 9.83. The van der Waals surface area contributed by atoms with Gasteiger partial charge in [0.2, 0.25) is 23.6 Å². The van der Waals surface area contributed by atoms with E-state index in [-0.39, 0.29) is 98.8 Å². The molecule has 0 spiro atoms. The van der Waals surface area contributed by atoms with E-state index >= 15 is 0 Å². The number of amides is 5. The zero-order valence-electron chi connectivity index (χ0n) is 43.4. The van der Waals surface area contributed by atoms with Crippen LogP contribution in [0.1, 0.15) is 114 Å². The number of rotatable bonds is 33. The molecule has 0 radical (unpaired) electrons. The minimum atomic E-state index is -0.852. The number of carbonyl (C=O) groups excluding carboxylic acids is 7. The van der Waals surface area contributed by atoms with Gasteiger partial charge in [-0.15, -0.1) is 11.3 Å². The van der Waals surface area contributed by atoms with Gasteiger partial charge in [-0.1, -0.05) is 110 Å². The highest BCUT2D eigenvalue weighted by Gasteiger charge is 2.38. The minimum absolute atomic E-state index is 0.0262. The topological polar surface area (TPSA) is 241 Å². The predicted molar refractivity (Wildman–Crippen MR) is 286 cm³/mol. The number of hydrogen-bond donors (Lipinski definition) is 5. The number of hydrogen-bond acceptors (Lipinski definition) is 14. The van der Waals surface area contributed by atoms with E-state index in [0.29, 0.717) is 37.6 Å². The highest BCUT2D eigenvalue weighted by atomic mass is 79.9. The zero-order chi connectivity index (χ0) is 53.3. The predicted octanol–water partition coefficient (Wildman–Crippen LogP) is 4.96. The quantitative estimate of drug-likeness (QED) is 0.0361. The number of ketones is 1. The Labute approximate surface area is 447 Å². The fourth-order valence-electron chi connectivity index (χ4n) is 8.66. The van der Waals surface area contributed by atoms with Gasteiger partial charge in [0, 0.05) is 82.3 Å². The van der Waals surface area contributed by atoms with Crippen molar-refractivity contribution in [2.24, 2.45) is 29.4 Å². The first-order valence-corrected chi connectivity index (χ1v) is 27.9. The monoisotopic (exact) mass is 1150 g/mol. The number of likely N-dealkylation sites (N-methyl/N-ethyl adjacent to an activating group) is 1. The number of nitrogens with zero attached hydrogens (tertiary/aromatic N) is 3. The average molecular weight is 1160 g/mol. The first-order chi connectivity index (χ1) is 34.3. The first kappa shape index (κ1) is 62.4. The summed E-state index contributed by atoms with van der Waals surface area (Å²) in [4.78, 5) is 99.7. The Morgan fingerprint density at radius 3 is 2.03 bits per heavy atom. The number of aromatic nitrogens is 1. The summed E-state index contributed by atoms with van der Waals surface area (Å²) in [5, 5.41) is 13.4. The molecule has 1 aromatic heterocycles. The van der Waals surface area contributed by atoms with Crippen molar-refractivity contribution in [3.05, 3.63) is 52.0 Å². The van der Waals surface area contributed by atoms with Gasteiger partial charge in [-0.2, -0.15) is 0 Å². The Bertz CT molecular complexity index is 2020. The fraction of sp³-hybridized carbons (Fsp3) is 0.686. The van der Waals surface area contributed by atoms with Crippen molar-refractivity contribution < 1.29 is 47.8 Å². The van der Waals surface area contributed by atoms with E-state index in [1.54, 1.807) is 24.3 Å². The summed E-state index contributed by atoms with van der Waals surface area (Å²) >= 11 is 7.72. The molecule has 72 heavy (non-hydrogen) atoms. The second kappa shape index (κ2) is 33.1. The van der Waals surface area contributed by atoms with Crippen LogP contribution in [-0.2, 0) is 49.4 Å². The summed E-state index contributed by atoms with van der Waals surface area (Å²) in [5.74, 6) is -3.07. The zero-order valence-corrected chi connectivity index (χ0v) is 47.4. The van der Waals surface area contributed by atoms with Crippen LogP contribution in [0.3, 0.4) is 0 Å². The van der Waals surface area contributed by atoms with Crippen molar-refractivity contribution in [2.45, 2.75) is 127 Å². The molecule has 5 amide bonds. The molecule has 0 aliphatic carbocycles. The number of carbonyl (C=O) groups is 7. The maximum Gasteiger partial charge on any atom is 0.303 e. The van der Waals surface area contributed by atoms with E-state index in [4.69, 9.17) is 19.9 Å². The standard InChI is InChI=1S/C51H80Br2N8O10S/c1-9-33(4)38(29-42(63)40-17-13-14-22-60(40)7)51(68)61(8)41(32(2)3)30-43(71-35(6)62)50-59-39(31-72-50)47(65)58-37(28-36-15-11-10-12-16-36)27-34(5)46(64)55-19-25-70-26-21-57-49(67)45(53)44(52)48(66)56-20-24-69-23-18-54/h10-12,15-16,31-34,37-38,40-41,43-45H,9,13-14,17-30,54H2,1-8H3,(H,55,64)(H,56,66)(H,57,67)(H,58,65)/t33-,34?,37+,38-,40+,41+,43+,44?,45?/m0/s1. The van der Waals surface area contributed by atoms with Gasteiger partial charge in [0.15, 0.2) is 11.9 Å². The van der Waals surface area contributed by atoms with Crippen LogP contribution in [0.2, 0.25) is 0 Å². The second-order valence-corrected chi connectivity index (χ2v) is 21.9. The van der Waals surface area contributed by atoms with Crippen LogP contribution in [0.25, 0.3) is 0 Å².